The molecule has 1 N–H and O–H groups in total. The molecular formula is C18H28ClN3O. The zero-order chi connectivity index (χ0) is 16.5. The lowest BCUT2D eigenvalue weighted by molar-refractivity contribution is 0.258. The highest BCUT2D eigenvalue weighted by Crippen LogP contribution is 2.20. The average Bonchev–Trinajstić information content (AvgIpc) is 2.58. The first-order valence-corrected chi connectivity index (χ1v) is 8.81. The summed E-state index contributed by atoms with van der Waals surface area (Å²) in [6.07, 6.45) is 1.04. The molecule has 2 rings (SSSR count). The van der Waals surface area contributed by atoms with Gasteiger partial charge < -0.3 is 15.0 Å². The molecule has 0 atom stereocenters. The number of hydrogen-bond donors (Lipinski definition) is 1. The second kappa shape index (κ2) is 9.81. The minimum atomic E-state index is 0.668. The van der Waals surface area contributed by atoms with Gasteiger partial charge in [0.05, 0.1) is 6.61 Å². The van der Waals surface area contributed by atoms with Gasteiger partial charge in [0.2, 0.25) is 0 Å². The zero-order valence-corrected chi connectivity index (χ0v) is 14.8. The van der Waals surface area contributed by atoms with Crippen molar-refractivity contribution in [3.8, 4) is 5.75 Å². The van der Waals surface area contributed by atoms with Crippen molar-refractivity contribution in [1.82, 2.24) is 10.2 Å². The second-order valence-electron chi connectivity index (χ2n) is 5.87. The van der Waals surface area contributed by atoms with E-state index in [2.05, 4.69) is 52.9 Å². The van der Waals surface area contributed by atoms with Crippen LogP contribution in [-0.4, -0.2) is 57.3 Å². The lowest BCUT2D eigenvalue weighted by Gasteiger charge is -2.36. The summed E-state index contributed by atoms with van der Waals surface area (Å²) in [6.45, 7) is 13.6. The molecule has 0 saturated carbocycles. The molecule has 0 amide bonds. The van der Waals surface area contributed by atoms with Gasteiger partial charge >= 0.3 is 0 Å². The topological polar surface area (TPSA) is 27.7 Å². The normalized spacial score (nSPS) is 15.7. The molecule has 4 nitrogen and oxygen atoms in total. The van der Waals surface area contributed by atoms with Crippen molar-refractivity contribution in [2.75, 3.05) is 57.3 Å². The summed E-state index contributed by atoms with van der Waals surface area (Å²) < 4.78 is 5.64. The van der Waals surface area contributed by atoms with Crippen molar-refractivity contribution in [2.45, 2.75) is 13.3 Å². The highest BCUT2D eigenvalue weighted by molar-refractivity contribution is 6.29. The highest BCUT2D eigenvalue weighted by atomic mass is 35.5. The SMILES string of the molecule is C=C(Cl)CNCCN1CCN(c2ccc(OCCC)cc2)CC1. The molecule has 1 heterocycles. The van der Waals surface area contributed by atoms with Crippen LogP contribution in [0.3, 0.4) is 0 Å². The molecule has 1 fully saturated rings. The second-order valence-corrected chi connectivity index (χ2v) is 6.40. The summed E-state index contributed by atoms with van der Waals surface area (Å²) in [5.74, 6) is 0.959. The van der Waals surface area contributed by atoms with E-state index in [4.69, 9.17) is 16.3 Å². The van der Waals surface area contributed by atoms with E-state index >= 15 is 0 Å². The maximum absolute atomic E-state index is 5.74. The van der Waals surface area contributed by atoms with Gasteiger partial charge in [0.25, 0.3) is 0 Å². The van der Waals surface area contributed by atoms with Crippen LogP contribution in [0.5, 0.6) is 5.75 Å². The number of halogens is 1. The zero-order valence-electron chi connectivity index (χ0n) is 14.1. The Hall–Kier alpha value is -1.23. The largest absolute Gasteiger partial charge is 0.494 e. The molecule has 1 aromatic rings. The summed E-state index contributed by atoms with van der Waals surface area (Å²) in [4.78, 5) is 4.92. The molecule has 0 unspecified atom stereocenters. The van der Waals surface area contributed by atoms with E-state index in [0.717, 1.165) is 58.0 Å². The Balaban J connectivity index is 1.70. The predicted molar refractivity (Wildman–Crippen MR) is 98.7 cm³/mol. The van der Waals surface area contributed by atoms with Gasteiger partial charge in [-0.15, -0.1) is 0 Å². The summed E-state index contributed by atoms with van der Waals surface area (Å²) in [5, 5.41) is 3.97. The summed E-state index contributed by atoms with van der Waals surface area (Å²) >= 11 is 5.74. The number of piperazine rings is 1. The van der Waals surface area contributed by atoms with Crippen LogP contribution in [0.1, 0.15) is 13.3 Å². The number of ether oxygens (including phenoxy) is 1. The first kappa shape index (κ1) is 18.1. The molecule has 23 heavy (non-hydrogen) atoms. The van der Waals surface area contributed by atoms with Gasteiger partial charge in [-0.25, -0.2) is 0 Å². The number of nitrogens with zero attached hydrogens (tertiary/aromatic N) is 2. The van der Waals surface area contributed by atoms with Gasteiger partial charge in [0, 0.05) is 56.5 Å². The number of hydrogen-bond acceptors (Lipinski definition) is 4. The molecule has 0 aromatic heterocycles. The molecule has 5 heteroatoms. The van der Waals surface area contributed by atoms with Gasteiger partial charge in [-0.3, -0.25) is 4.90 Å². The molecule has 128 valence electrons. The fourth-order valence-corrected chi connectivity index (χ4v) is 2.76. The van der Waals surface area contributed by atoms with Crippen molar-refractivity contribution in [3.05, 3.63) is 35.9 Å². The van der Waals surface area contributed by atoms with Crippen molar-refractivity contribution in [1.29, 1.82) is 0 Å². The molecule has 0 bridgehead atoms. The van der Waals surface area contributed by atoms with E-state index in [-0.39, 0.29) is 0 Å². The van der Waals surface area contributed by atoms with Crippen LogP contribution in [0.2, 0.25) is 0 Å². The Kier molecular flexibility index (Phi) is 7.72. The Bertz CT molecular complexity index is 470. The summed E-state index contributed by atoms with van der Waals surface area (Å²) in [7, 11) is 0. The average molecular weight is 338 g/mol. The molecule has 1 aliphatic heterocycles. The Morgan fingerprint density at radius 3 is 2.52 bits per heavy atom. The van der Waals surface area contributed by atoms with Gasteiger partial charge in [-0.05, 0) is 30.7 Å². The number of benzene rings is 1. The quantitative estimate of drug-likeness (QED) is 0.701. The fourth-order valence-electron chi connectivity index (χ4n) is 2.66. The van der Waals surface area contributed by atoms with Gasteiger partial charge in [-0.1, -0.05) is 25.1 Å². The molecule has 1 aliphatic rings. The minimum Gasteiger partial charge on any atom is -0.494 e. The van der Waals surface area contributed by atoms with Crippen LogP contribution in [0.4, 0.5) is 5.69 Å². The van der Waals surface area contributed by atoms with Crippen LogP contribution in [0.25, 0.3) is 0 Å². The molecule has 1 saturated heterocycles. The van der Waals surface area contributed by atoms with Gasteiger partial charge in [0.15, 0.2) is 0 Å². The van der Waals surface area contributed by atoms with Gasteiger partial charge in [0.1, 0.15) is 5.75 Å². The molecule has 0 spiro atoms. The van der Waals surface area contributed by atoms with Crippen LogP contribution in [-0.2, 0) is 0 Å². The van der Waals surface area contributed by atoms with Gasteiger partial charge in [-0.2, -0.15) is 0 Å². The minimum absolute atomic E-state index is 0.668. The standard InChI is InChI=1S/C18H28ClN3O/c1-3-14-23-18-6-4-17(5-7-18)22-12-10-21(11-13-22)9-8-20-15-16(2)19/h4-7,20H,2-3,8-15H2,1H3. The third-order valence-corrected chi connectivity index (χ3v) is 4.10. The smallest absolute Gasteiger partial charge is 0.119 e. The van der Waals surface area contributed by atoms with Crippen molar-refractivity contribution >= 4 is 17.3 Å². The first-order chi connectivity index (χ1) is 11.2. The molecule has 0 radical (unpaired) electrons. The lowest BCUT2D eigenvalue weighted by atomic mass is 10.2. The van der Waals surface area contributed by atoms with E-state index in [1.807, 2.05) is 0 Å². The van der Waals surface area contributed by atoms with Crippen LogP contribution < -0.4 is 15.0 Å². The highest BCUT2D eigenvalue weighted by Gasteiger charge is 2.16. The van der Waals surface area contributed by atoms with Crippen LogP contribution >= 0.6 is 11.6 Å². The van der Waals surface area contributed by atoms with E-state index in [1.54, 1.807) is 0 Å². The van der Waals surface area contributed by atoms with Crippen LogP contribution in [0.15, 0.2) is 35.9 Å². The fraction of sp³-hybridized carbons (Fsp3) is 0.556. The number of nitrogens with one attached hydrogen (secondary N) is 1. The first-order valence-electron chi connectivity index (χ1n) is 8.43. The predicted octanol–water partition coefficient (Wildman–Crippen LogP) is 2.94. The molecule has 0 aliphatic carbocycles. The van der Waals surface area contributed by atoms with Crippen molar-refractivity contribution < 1.29 is 4.74 Å². The number of rotatable bonds is 9. The Morgan fingerprint density at radius 1 is 1.22 bits per heavy atom. The van der Waals surface area contributed by atoms with E-state index < -0.39 is 0 Å². The third kappa shape index (κ3) is 6.42. The Labute approximate surface area is 145 Å². The van der Waals surface area contributed by atoms with Crippen LogP contribution in [0, 0.1) is 0 Å². The molecule has 1 aromatic carbocycles. The summed E-state index contributed by atoms with van der Waals surface area (Å²) in [5.41, 5.74) is 1.28. The maximum atomic E-state index is 5.74. The molecular weight excluding hydrogens is 310 g/mol. The summed E-state index contributed by atoms with van der Waals surface area (Å²) in [6, 6.07) is 8.46. The van der Waals surface area contributed by atoms with Crippen molar-refractivity contribution in [2.24, 2.45) is 0 Å². The maximum Gasteiger partial charge on any atom is 0.119 e. The Morgan fingerprint density at radius 2 is 1.91 bits per heavy atom. The van der Waals surface area contributed by atoms with E-state index in [9.17, 15) is 0 Å². The van der Waals surface area contributed by atoms with E-state index in [1.165, 1.54) is 5.69 Å². The monoisotopic (exact) mass is 337 g/mol. The van der Waals surface area contributed by atoms with E-state index in [0.29, 0.717) is 11.6 Å². The third-order valence-electron chi connectivity index (χ3n) is 3.97. The lowest BCUT2D eigenvalue weighted by Crippen LogP contribution is -2.48. The van der Waals surface area contributed by atoms with Crippen molar-refractivity contribution in [3.63, 3.8) is 0 Å². The number of anilines is 1.